The number of carboxylic acid groups (broad SMARTS) is 1. The van der Waals surface area contributed by atoms with Gasteiger partial charge in [-0.2, -0.15) is 0 Å². The Kier molecular flexibility index (Phi) is 3.42. The Bertz CT molecular complexity index is 632. The molecule has 0 heterocycles. The lowest BCUT2D eigenvalue weighted by Gasteiger charge is -2.09. The number of methoxy groups -OCH3 is 1. The van der Waals surface area contributed by atoms with Crippen LogP contribution in [0, 0.1) is 6.92 Å². The molecule has 0 aliphatic carbocycles. The van der Waals surface area contributed by atoms with Crippen LogP contribution in [0.5, 0.6) is 11.5 Å². The van der Waals surface area contributed by atoms with Crippen molar-refractivity contribution in [3.63, 3.8) is 0 Å². The van der Waals surface area contributed by atoms with Gasteiger partial charge in [-0.25, -0.2) is 4.79 Å². The summed E-state index contributed by atoms with van der Waals surface area (Å²) >= 11 is 0. The Hall–Kier alpha value is -2.49. The van der Waals surface area contributed by atoms with E-state index in [4.69, 9.17) is 9.84 Å². The van der Waals surface area contributed by atoms with Crippen LogP contribution in [-0.4, -0.2) is 23.3 Å². The van der Waals surface area contributed by atoms with Crippen LogP contribution in [0.1, 0.15) is 15.9 Å². The van der Waals surface area contributed by atoms with E-state index in [-0.39, 0.29) is 11.3 Å². The van der Waals surface area contributed by atoms with Crippen LogP contribution in [0.4, 0.5) is 0 Å². The van der Waals surface area contributed by atoms with Crippen LogP contribution in [-0.2, 0) is 0 Å². The Morgan fingerprint density at radius 1 is 1.16 bits per heavy atom. The molecule has 2 N–H and O–H groups in total. The second kappa shape index (κ2) is 5.02. The molecule has 0 bridgehead atoms. The summed E-state index contributed by atoms with van der Waals surface area (Å²) in [6.07, 6.45) is 0. The lowest BCUT2D eigenvalue weighted by atomic mass is 9.98. The van der Waals surface area contributed by atoms with Crippen LogP contribution in [0.2, 0.25) is 0 Å². The minimum Gasteiger partial charge on any atom is -0.508 e. The van der Waals surface area contributed by atoms with Crippen LogP contribution in [0.25, 0.3) is 11.1 Å². The van der Waals surface area contributed by atoms with Crippen LogP contribution < -0.4 is 4.74 Å². The van der Waals surface area contributed by atoms with Crippen molar-refractivity contribution in [2.45, 2.75) is 6.92 Å². The first-order chi connectivity index (χ1) is 9.01. The van der Waals surface area contributed by atoms with Crippen LogP contribution >= 0.6 is 0 Å². The normalized spacial score (nSPS) is 10.2. The van der Waals surface area contributed by atoms with Gasteiger partial charge in [-0.15, -0.1) is 0 Å². The summed E-state index contributed by atoms with van der Waals surface area (Å²) in [7, 11) is 1.59. The summed E-state index contributed by atoms with van der Waals surface area (Å²) in [6.45, 7) is 1.91. The Labute approximate surface area is 110 Å². The molecular weight excluding hydrogens is 244 g/mol. The van der Waals surface area contributed by atoms with Gasteiger partial charge in [-0.1, -0.05) is 6.07 Å². The largest absolute Gasteiger partial charge is 0.508 e. The third-order valence-corrected chi connectivity index (χ3v) is 2.91. The fraction of sp³-hybridized carbons (Fsp3) is 0.133. The van der Waals surface area contributed by atoms with E-state index in [1.54, 1.807) is 19.2 Å². The summed E-state index contributed by atoms with van der Waals surface area (Å²) in [4.78, 5) is 11.0. The maximum Gasteiger partial charge on any atom is 0.335 e. The number of carbonyl (C=O) groups is 1. The molecule has 0 atom stereocenters. The van der Waals surface area contributed by atoms with E-state index in [9.17, 15) is 9.90 Å². The molecule has 0 aromatic heterocycles. The molecule has 0 aliphatic rings. The quantitative estimate of drug-likeness (QED) is 0.887. The van der Waals surface area contributed by atoms with Crippen LogP contribution in [0.3, 0.4) is 0 Å². The standard InChI is InChI=1S/C15H14O4/c1-9-5-13(19-2)3-4-14(9)10-6-11(15(17)18)8-12(16)7-10/h3-8,16H,1-2H3,(H,17,18). The monoisotopic (exact) mass is 258 g/mol. The molecule has 0 spiro atoms. The second-order valence-electron chi connectivity index (χ2n) is 4.25. The Morgan fingerprint density at radius 3 is 2.47 bits per heavy atom. The molecule has 4 nitrogen and oxygen atoms in total. The van der Waals surface area contributed by atoms with Crippen molar-refractivity contribution in [1.82, 2.24) is 0 Å². The zero-order chi connectivity index (χ0) is 14.0. The van der Waals surface area contributed by atoms with Gasteiger partial charge in [0.25, 0.3) is 0 Å². The summed E-state index contributed by atoms with van der Waals surface area (Å²) in [5.41, 5.74) is 2.53. The molecule has 0 amide bonds. The van der Waals surface area contributed by atoms with Gasteiger partial charge in [0.15, 0.2) is 0 Å². The van der Waals surface area contributed by atoms with E-state index < -0.39 is 5.97 Å². The topological polar surface area (TPSA) is 66.8 Å². The fourth-order valence-electron chi connectivity index (χ4n) is 1.98. The minimum absolute atomic E-state index is 0.0604. The number of aromatic hydroxyl groups is 1. The molecule has 2 rings (SSSR count). The number of aromatic carboxylic acids is 1. The van der Waals surface area contributed by atoms with Gasteiger partial charge in [0, 0.05) is 0 Å². The number of carboxylic acids is 1. The third-order valence-electron chi connectivity index (χ3n) is 2.91. The number of hydrogen-bond acceptors (Lipinski definition) is 3. The molecule has 19 heavy (non-hydrogen) atoms. The van der Waals surface area contributed by atoms with Gasteiger partial charge in [0.05, 0.1) is 12.7 Å². The van der Waals surface area contributed by atoms with Crippen molar-refractivity contribution in [2.24, 2.45) is 0 Å². The average molecular weight is 258 g/mol. The first-order valence-corrected chi connectivity index (χ1v) is 5.73. The number of rotatable bonds is 3. The summed E-state index contributed by atoms with van der Waals surface area (Å²) in [6, 6.07) is 9.81. The van der Waals surface area contributed by atoms with E-state index in [1.165, 1.54) is 12.1 Å². The summed E-state index contributed by atoms with van der Waals surface area (Å²) in [5.74, 6) is -0.395. The average Bonchev–Trinajstić information content (AvgIpc) is 2.37. The lowest BCUT2D eigenvalue weighted by molar-refractivity contribution is 0.0696. The zero-order valence-electron chi connectivity index (χ0n) is 10.7. The summed E-state index contributed by atoms with van der Waals surface area (Å²) in [5, 5.41) is 18.6. The number of hydrogen-bond donors (Lipinski definition) is 2. The smallest absolute Gasteiger partial charge is 0.335 e. The van der Waals surface area contributed by atoms with E-state index in [0.29, 0.717) is 5.56 Å². The molecule has 0 aliphatic heterocycles. The summed E-state index contributed by atoms with van der Waals surface area (Å²) < 4.78 is 5.13. The van der Waals surface area contributed by atoms with Gasteiger partial charge >= 0.3 is 5.97 Å². The van der Waals surface area contributed by atoms with E-state index in [0.717, 1.165) is 16.9 Å². The Balaban J connectivity index is 2.55. The first-order valence-electron chi connectivity index (χ1n) is 5.73. The zero-order valence-corrected chi connectivity index (χ0v) is 10.7. The highest BCUT2D eigenvalue weighted by molar-refractivity contribution is 5.90. The van der Waals surface area contributed by atoms with Gasteiger partial charge < -0.3 is 14.9 Å². The molecular formula is C15H14O4. The molecule has 0 unspecified atom stereocenters. The van der Waals surface area contributed by atoms with Crippen LogP contribution in [0.15, 0.2) is 36.4 Å². The molecule has 0 radical (unpaired) electrons. The van der Waals surface area contributed by atoms with Gasteiger partial charge in [-0.3, -0.25) is 0 Å². The van der Waals surface area contributed by atoms with Crippen molar-refractivity contribution in [1.29, 1.82) is 0 Å². The minimum atomic E-state index is -1.07. The van der Waals surface area contributed by atoms with Crippen molar-refractivity contribution in [3.8, 4) is 22.6 Å². The highest BCUT2D eigenvalue weighted by Gasteiger charge is 2.10. The van der Waals surface area contributed by atoms with Crippen molar-refractivity contribution in [2.75, 3.05) is 7.11 Å². The van der Waals surface area contributed by atoms with Gasteiger partial charge in [0.2, 0.25) is 0 Å². The molecule has 2 aromatic carbocycles. The molecule has 0 saturated carbocycles. The molecule has 98 valence electrons. The number of phenols is 1. The maximum absolute atomic E-state index is 11.0. The Morgan fingerprint density at radius 2 is 1.89 bits per heavy atom. The fourth-order valence-corrected chi connectivity index (χ4v) is 1.98. The number of ether oxygens (including phenoxy) is 1. The molecule has 0 saturated heterocycles. The van der Waals surface area contributed by atoms with E-state index in [1.807, 2.05) is 19.1 Å². The molecule has 0 fully saturated rings. The SMILES string of the molecule is COc1ccc(-c2cc(O)cc(C(=O)O)c2)c(C)c1. The molecule has 4 heteroatoms. The molecule has 2 aromatic rings. The van der Waals surface area contributed by atoms with Crippen molar-refractivity contribution in [3.05, 3.63) is 47.5 Å². The van der Waals surface area contributed by atoms with E-state index in [2.05, 4.69) is 0 Å². The highest BCUT2D eigenvalue weighted by atomic mass is 16.5. The number of benzene rings is 2. The number of aryl methyl sites for hydroxylation is 1. The van der Waals surface area contributed by atoms with Crippen molar-refractivity contribution >= 4 is 5.97 Å². The predicted molar refractivity (Wildman–Crippen MR) is 71.8 cm³/mol. The second-order valence-corrected chi connectivity index (χ2v) is 4.25. The first kappa shape index (κ1) is 13.0. The maximum atomic E-state index is 11.0. The highest BCUT2D eigenvalue weighted by Crippen LogP contribution is 2.30. The van der Waals surface area contributed by atoms with Gasteiger partial charge in [0.1, 0.15) is 11.5 Å². The third kappa shape index (κ3) is 2.68. The number of phenolic OH excluding ortho intramolecular Hbond substituents is 1. The van der Waals surface area contributed by atoms with Gasteiger partial charge in [-0.05, 0) is 53.9 Å². The lowest BCUT2D eigenvalue weighted by Crippen LogP contribution is -1.96. The predicted octanol–water partition coefficient (Wildman–Crippen LogP) is 3.07. The van der Waals surface area contributed by atoms with Crippen molar-refractivity contribution < 1.29 is 19.7 Å². The van der Waals surface area contributed by atoms with E-state index >= 15 is 0 Å².